The number of aliphatic hydroxyl groups is 4. The van der Waals surface area contributed by atoms with E-state index in [-0.39, 0.29) is 18.8 Å². The number of allylic oxidation sites excluding steroid dienone is 3. The molecule has 2 aliphatic heterocycles. The first-order valence-electron chi connectivity index (χ1n) is 23.3. The molecule has 2 aliphatic rings. The normalized spacial score (nSPS) is 30.9. The van der Waals surface area contributed by atoms with E-state index in [2.05, 4.69) is 44.5 Å². The van der Waals surface area contributed by atoms with E-state index in [1.165, 1.54) is 0 Å². The Morgan fingerprint density at radius 3 is 2.41 bits per heavy atom. The highest BCUT2D eigenvalue weighted by atomic mass is 16.7. The van der Waals surface area contributed by atoms with Crippen LogP contribution in [0.4, 0.5) is 0 Å². The van der Waals surface area contributed by atoms with Gasteiger partial charge >= 0.3 is 5.97 Å². The highest BCUT2D eigenvalue weighted by Gasteiger charge is 2.47. The summed E-state index contributed by atoms with van der Waals surface area (Å²) in [7, 11) is 3.53. The number of pyridine rings is 1. The van der Waals surface area contributed by atoms with E-state index >= 15 is 0 Å². The van der Waals surface area contributed by atoms with Crippen LogP contribution in [-0.4, -0.2) is 138 Å². The zero-order valence-electron chi connectivity index (χ0n) is 39.7. The van der Waals surface area contributed by atoms with Crippen LogP contribution in [0.1, 0.15) is 77.1 Å². The Labute approximate surface area is 389 Å². The van der Waals surface area contributed by atoms with E-state index in [9.17, 15) is 30.0 Å². The van der Waals surface area contributed by atoms with E-state index in [0.717, 1.165) is 39.0 Å². The van der Waals surface area contributed by atoms with Gasteiger partial charge in [-0.15, -0.1) is 5.10 Å². The van der Waals surface area contributed by atoms with Crippen LogP contribution in [0.5, 0.6) is 0 Å². The molecule has 15 nitrogen and oxygen atoms in total. The van der Waals surface area contributed by atoms with Gasteiger partial charge in [0.2, 0.25) is 0 Å². The molecule has 2 aromatic carbocycles. The van der Waals surface area contributed by atoms with Gasteiger partial charge in [-0.2, -0.15) is 0 Å². The molecule has 15 heteroatoms. The number of para-hydroxylation sites is 1. The number of esters is 1. The third-order valence-electron chi connectivity index (χ3n) is 13.3. The van der Waals surface area contributed by atoms with Crippen molar-refractivity contribution in [2.24, 2.45) is 23.7 Å². The lowest BCUT2D eigenvalue weighted by atomic mass is 9.79. The van der Waals surface area contributed by atoms with Crippen molar-refractivity contribution in [2.45, 2.75) is 129 Å². The first-order chi connectivity index (χ1) is 31.5. The fourth-order valence-electron chi connectivity index (χ4n) is 9.28. The van der Waals surface area contributed by atoms with Crippen LogP contribution in [0.15, 0.2) is 90.8 Å². The summed E-state index contributed by atoms with van der Waals surface area (Å²) in [5.74, 6) is -2.92. The van der Waals surface area contributed by atoms with Crippen molar-refractivity contribution < 1.29 is 44.2 Å². The average molecular weight is 911 g/mol. The van der Waals surface area contributed by atoms with Crippen LogP contribution in [0.3, 0.4) is 0 Å². The van der Waals surface area contributed by atoms with Gasteiger partial charge in [-0.25, -0.2) is 4.68 Å². The van der Waals surface area contributed by atoms with Crippen molar-refractivity contribution in [3.8, 4) is 5.69 Å². The number of fused-ring (bicyclic) bond motifs is 1. The molecule has 0 aliphatic carbocycles. The standard InChI is InChI=1S/C51H70N6O9/c1-9-45-39(30-58)22-32(3)16-19-43(59)33(4)23-38(50(34(5)44(60)25-46(61)65-45)66-51-49(63)47(55(7)8)48(62)35(6)64-51)20-21-56(27-36-17-14-31(2)15-18-36)28-40-29-57(54-53-40)41-24-37-12-10-11-13-42(37)52-26-41/h10-19,22,24,26,29,33-35,38-39,44-45,47-51,58,60,62-63H,9,20-21,23,25,27-28,30H2,1-8H3/b19-16+,32-22+/t33-,34+,35-,38+,39-,44-,45-,47+,48-,49-,50-,51+/m1/s1. The lowest BCUT2D eigenvalue weighted by Crippen LogP contribution is -2.63. The fourth-order valence-corrected chi connectivity index (χ4v) is 9.28. The topological polar surface area (TPSA) is 193 Å². The number of hydrogen-bond donors (Lipinski definition) is 4. The number of rotatable bonds is 13. The quantitative estimate of drug-likeness (QED) is 0.126. The maximum absolute atomic E-state index is 14.0. The number of carbonyl (C=O) groups is 2. The first kappa shape index (κ1) is 50.7. The smallest absolute Gasteiger partial charge is 0.308 e. The van der Waals surface area contributed by atoms with Gasteiger partial charge in [-0.3, -0.25) is 19.5 Å². The van der Waals surface area contributed by atoms with Crippen molar-refractivity contribution >= 4 is 22.7 Å². The summed E-state index contributed by atoms with van der Waals surface area (Å²) in [4.78, 5) is 36.2. The van der Waals surface area contributed by atoms with Gasteiger partial charge in [-0.05, 0) is 90.4 Å². The second-order valence-electron chi connectivity index (χ2n) is 18.7. The number of cyclic esters (lactones) is 1. The maximum atomic E-state index is 14.0. The summed E-state index contributed by atoms with van der Waals surface area (Å²) in [6, 6.07) is 17.5. The minimum atomic E-state index is -1.28. The summed E-state index contributed by atoms with van der Waals surface area (Å²) in [5, 5.41) is 55.1. The molecule has 4 aromatic rings. The molecule has 6 rings (SSSR count). The van der Waals surface area contributed by atoms with Crippen LogP contribution >= 0.6 is 0 Å². The molecule has 0 spiro atoms. The lowest BCUT2D eigenvalue weighted by Gasteiger charge is -2.46. The number of likely N-dealkylation sites (N-methyl/N-ethyl adjacent to an activating group) is 1. The van der Waals surface area contributed by atoms with Crippen molar-refractivity contribution in [2.75, 3.05) is 27.2 Å². The molecule has 0 bridgehead atoms. The Balaban J connectivity index is 1.36. The highest BCUT2D eigenvalue weighted by Crippen LogP contribution is 2.35. The molecule has 1 fully saturated rings. The molecule has 0 unspecified atom stereocenters. The SMILES string of the molecule is CC[C@H]1OC(=O)C[C@@H](O)[C@H](C)[C@@H](O[C@@H]2O[C@H](C)[C@@H](O)[C@H](N(C)C)[C@H]2O)[C@@H](CCN(Cc2ccc(C)cc2)Cc2cn(-c3cnc4ccccc4c3)nn2)C[C@@H](C)C(=O)/C=C/C(C)=C/[C@@H]1CO. The molecule has 0 saturated carbocycles. The number of nitrogens with zero attached hydrogens (tertiary/aromatic N) is 6. The molecule has 0 amide bonds. The Kier molecular flexibility index (Phi) is 17.9. The second kappa shape index (κ2) is 23.3. The summed E-state index contributed by atoms with van der Waals surface area (Å²) >= 11 is 0. The summed E-state index contributed by atoms with van der Waals surface area (Å²) < 4.78 is 20.7. The largest absolute Gasteiger partial charge is 0.462 e. The highest BCUT2D eigenvalue weighted by molar-refractivity contribution is 5.91. The number of ether oxygens (including phenoxy) is 3. The molecule has 2 aromatic heterocycles. The molecule has 12 atom stereocenters. The maximum Gasteiger partial charge on any atom is 0.308 e. The van der Waals surface area contributed by atoms with Gasteiger partial charge in [0.05, 0.1) is 72.8 Å². The van der Waals surface area contributed by atoms with Crippen molar-refractivity contribution in [3.63, 3.8) is 0 Å². The molecular weight excluding hydrogens is 841 g/mol. The number of aryl methyl sites for hydroxylation is 1. The van der Waals surface area contributed by atoms with E-state index in [4.69, 9.17) is 14.2 Å². The van der Waals surface area contributed by atoms with Crippen molar-refractivity contribution in [1.29, 1.82) is 0 Å². The second-order valence-corrected chi connectivity index (χ2v) is 18.7. The van der Waals surface area contributed by atoms with Gasteiger partial charge in [0.1, 0.15) is 12.2 Å². The van der Waals surface area contributed by atoms with E-state index in [1.807, 2.05) is 70.3 Å². The molecule has 4 heterocycles. The number of aromatic nitrogens is 4. The predicted molar refractivity (Wildman–Crippen MR) is 251 cm³/mol. The third kappa shape index (κ3) is 13.0. The van der Waals surface area contributed by atoms with Crippen LogP contribution < -0.4 is 0 Å². The van der Waals surface area contributed by atoms with E-state index in [1.54, 1.807) is 55.9 Å². The number of benzene rings is 2. The lowest BCUT2D eigenvalue weighted by molar-refractivity contribution is -0.304. The number of aliphatic hydroxyl groups excluding tert-OH is 4. The summed E-state index contributed by atoms with van der Waals surface area (Å²) in [6.45, 7) is 12.3. The molecule has 358 valence electrons. The van der Waals surface area contributed by atoms with Crippen LogP contribution in [0, 0.1) is 30.6 Å². The number of carbonyl (C=O) groups excluding carboxylic acids is 2. The third-order valence-corrected chi connectivity index (χ3v) is 13.3. The van der Waals surface area contributed by atoms with Gasteiger partial charge in [-0.1, -0.05) is 91.7 Å². The van der Waals surface area contributed by atoms with Gasteiger partial charge in [0.15, 0.2) is 12.1 Å². The number of hydrogen-bond acceptors (Lipinski definition) is 14. The van der Waals surface area contributed by atoms with E-state index in [0.29, 0.717) is 38.9 Å². The van der Waals surface area contributed by atoms with Crippen LogP contribution in [-0.2, 0) is 36.9 Å². The van der Waals surface area contributed by atoms with E-state index < -0.39 is 78.6 Å². The zero-order valence-corrected chi connectivity index (χ0v) is 39.7. The summed E-state index contributed by atoms with van der Waals surface area (Å²) in [5.41, 5.74) is 5.36. The Morgan fingerprint density at radius 2 is 1.70 bits per heavy atom. The number of ketones is 1. The summed E-state index contributed by atoms with van der Waals surface area (Å²) in [6.07, 6.45) is 2.62. The molecule has 0 radical (unpaired) electrons. The Morgan fingerprint density at radius 1 is 0.955 bits per heavy atom. The Bertz CT molecular complexity index is 2260. The molecule has 1 saturated heterocycles. The minimum absolute atomic E-state index is 0.111. The predicted octanol–water partition coefficient (Wildman–Crippen LogP) is 5.34. The van der Waals surface area contributed by atoms with Crippen LogP contribution in [0.25, 0.3) is 16.6 Å². The molecule has 4 N–H and O–H groups in total. The van der Waals surface area contributed by atoms with Gasteiger partial charge < -0.3 is 39.5 Å². The molecule has 66 heavy (non-hydrogen) atoms. The van der Waals surface area contributed by atoms with Crippen LogP contribution in [0.2, 0.25) is 0 Å². The first-order valence-corrected chi connectivity index (χ1v) is 23.3. The fraction of sp³-hybridized carbons (Fsp3) is 0.549. The van der Waals surface area contributed by atoms with Crippen molar-refractivity contribution in [1.82, 2.24) is 29.8 Å². The average Bonchev–Trinajstić information content (AvgIpc) is 3.77. The molecular formula is C51H70N6O9. The Hall–Kier alpha value is -4.71. The minimum Gasteiger partial charge on any atom is -0.462 e. The van der Waals surface area contributed by atoms with Gasteiger partial charge in [0.25, 0.3) is 0 Å². The van der Waals surface area contributed by atoms with Gasteiger partial charge in [0, 0.05) is 36.2 Å². The zero-order chi connectivity index (χ0) is 47.7. The monoisotopic (exact) mass is 911 g/mol. The van der Waals surface area contributed by atoms with Crippen molar-refractivity contribution in [3.05, 3.63) is 108 Å².